The van der Waals surface area contributed by atoms with Crippen molar-refractivity contribution in [3.63, 3.8) is 0 Å². The number of nitrogens with zero attached hydrogens (tertiary/aromatic N) is 4. The van der Waals surface area contributed by atoms with Gasteiger partial charge in [-0.2, -0.15) is 0 Å². The van der Waals surface area contributed by atoms with Crippen molar-refractivity contribution in [3.05, 3.63) is 78.6 Å². The third kappa shape index (κ3) is 3.42. The molecule has 148 valence electrons. The molecule has 0 radical (unpaired) electrons. The fourth-order valence-electron chi connectivity index (χ4n) is 4.80. The van der Waals surface area contributed by atoms with Gasteiger partial charge in [0, 0.05) is 30.3 Å². The minimum absolute atomic E-state index is 0.0240. The summed E-state index contributed by atoms with van der Waals surface area (Å²) in [5.41, 5.74) is 3.30. The van der Waals surface area contributed by atoms with Crippen LogP contribution in [0.5, 0.6) is 0 Å². The van der Waals surface area contributed by atoms with E-state index in [2.05, 4.69) is 55.2 Å². The summed E-state index contributed by atoms with van der Waals surface area (Å²) >= 11 is 5.87. The van der Waals surface area contributed by atoms with E-state index in [1.54, 1.807) is 0 Å². The summed E-state index contributed by atoms with van der Waals surface area (Å²) < 4.78 is 2.24. The van der Waals surface area contributed by atoms with E-state index in [4.69, 9.17) is 12.2 Å². The van der Waals surface area contributed by atoms with Gasteiger partial charge in [0.25, 0.3) is 0 Å². The van der Waals surface area contributed by atoms with Gasteiger partial charge in [-0.05, 0) is 61.5 Å². The Hall–Kier alpha value is -2.73. The van der Waals surface area contributed by atoms with Crippen LogP contribution >= 0.6 is 12.2 Å². The molecule has 5 nitrogen and oxygen atoms in total. The van der Waals surface area contributed by atoms with Crippen LogP contribution < -0.4 is 5.32 Å². The van der Waals surface area contributed by atoms with Crippen molar-refractivity contribution in [3.8, 4) is 5.69 Å². The van der Waals surface area contributed by atoms with E-state index < -0.39 is 0 Å². The molecule has 3 aromatic rings. The molecule has 6 heteroatoms. The largest absolute Gasteiger partial charge is 0.352 e. The molecule has 2 atom stereocenters. The number of hydrogen-bond acceptors (Lipinski definition) is 3. The predicted octanol–water partition coefficient (Wildman–Crippen LogP) is 4.57. The van der Waals surface area contributed by atoms with Crippen LogP contribution in [0.3, 0.4) is 0 Å². The zero-order valence-corrected chi connectivity index (χ0v) is 17.1. The summed E-state index contributed by atoms with van der Waals surface area (Å²) in [4.78, 5) is 11.4. The van der Waals surface area contributed by atoms with E-state index in [1.165, 1.54) is 37.8 Å². The van der Waals surface area contributed by atoms with Gasteiger partial charge in [0.15, 0.2) is 5.11 Å². The maximum absolute atomic E-state index is 5.87. The van der Waals surface area contributed by atoms with Gasteiger partial charge >= 0.3 is 0 Å². The quantitative estimate of drug-likeness (QED) is 0.647. The second-order valence-corrected chi connectivity index (χ2v) is 8.23. The summed E-state index contributed by atoms with van der Waals surface area (Å²) in [6, 6.07) is 15.1. The summed E-state index contributed by atoms with van der Waals surface area (Å²) in [5.74, 6) is 0. The van der Waals surface area contributed by atoms with Crippen molar-refractivity contribution in [1.29, 1.82) is 0 Å². The van der Waals surface area contributed by atoms with Crippen molar-refractivity contribution >= 4 is 17.3 Å². The maximum atomic E-state index is 5.87. The highest BCUT2D eigenvalue weighted by atomic mass is 32.1. The van der Waals surface area contributed by atoms with E-state index >= 15 is 0 Å². The van der Waals surface area contributed by atoms with Crippen LogP contribution in [0.15, 0.2) is 67.3 Å². The Morgan fingerprint density at radius 2 is 1.86 bits per heavy atom. The topological polar surface area (TPSA) is 46.0 Å². The summed E-state index contributed by atoms with van der Waals surface area (Å²) in [5, 5.41) is 4.44. The third-order valence-corrected chi connectivity index (χ3v) is 6.44. The molecule has 29 heavy (non-hydrogen) atoms. The highest BCUT2D eigenvalue weighted by molar-refractivity contribution is 7.80. The second-order valence-electron chi connectivity index (χ2n) is 7.84. The van der Waals surface area contributed by atoms with Gasteiger partial charge in [0.05, 0.1) is 29.7 Å². The fraction of sp³-hybridized carbons (Fsp3) is 0.348. The lowest BCUT2D eigenvalue weighted by atomic mass is 9.92. The van der Waals surface area contributed by atoms with Gasteiger partial charge in [0.2, 0.25) is 0 Å². The Labute approximate surface area is 176 Å². The normalized spacial score (nSPS) is 22.6. The highest BCUT2D eigenvalue weighted by Crippen LogP contribution is 2.42. The van der Waals surface area contributed by atoms with Gasteiger partial charge in [-0.1, -0.05) is 25.3 Å². The molecule has 0 bridgehead atoms. The first-order valence-corrected chi connectivity index (χ1v) is 10.8. The average Bonchev–Trinajstić information content (AvgIpc) is 3.40. The number of thiocarbonyl (C=S) groups is 1. The van der Waals surface area contributed by atoms with Crippen LogP contribution in [0.2, 0.25) is 0 Å². The molecular weight excluding hydrogens is 378 g/mol. The number of nitrogens with one attached hydrogen (secondary N) is 1. The highest BCUT2D eigenvalue weighted by Gasteiger charge is 2.44. The number of rotatable bonds is 4. The lowest BCUT2D eigenvalue weighted by Gasteiger charge is -2.37. The number of aromatic nitrogens is 3. The SMILES string of the molecule is S=C1N[C@H](c2ccccn2)[C@@H](c2cccn2-c2cccnc2)N1C1CCCCC1. The molecule has 0 spiro atoms. The van der Waals surface area contributed by atoms with E-state index in [-0.39, 0.29) is 12.1 Å². The Balaban J connectivity index is 1.61. The Kier molecular flexibility index (Phi) is 5.02. The van der Waals surface area contributed by atoms with Gasteiger partial charge in [-0.25, -0.2) is 0 Å². The van der Waals surface area contributed by atoms with Crippen molar-refractivity contribution in [2.75, 3.05) is 0 Å². The zero-order chi connectivity index (χ0) is 19.6. The smallest absolute Gasteiger partial charge is 0.170 e. The van der Waals surface area contributed by atoms with Gasteiger partial charge in [0.1, 0.15) is 0 Å². The fourth-order valence-corrected chi connectivity index (χ4v) is 5.19. The molecule has 3 aromatic heterocycles. The average molecular weight is 404 g/mol. The maximum Gasteiger partial charge on any atom is 0.170 e. The third-order valence-electron chi connectivity index (χ3n) is 6.11. The monoisotopic (exact) mass is 403 g/mol. The molecule has 1 saturated carbocycles. The first-order chi connectivity index (χ1) is 14.3. The van der Waals surface area contributed by atoms with Gasteiger partial charge in [-0.3, -0.25) is 9.97 Å². The molecule has 1 aliphatic heterocycles. The van der Waals surface area contributed by atoms with E-state index in [0.29, 0.717) is 6.04 Å². The minimum Gasteiger partial charge on any atom is -0.352 e. The number of hydrogen-bond donors (Lipinski definition) is 1. The van der Waals surface area contributed by atoms with E-state index in [1.807, 2.05) is 36.8 Å². The van der Waals surface area contributed by atoms with Crippen molar-refractivity contribution in [1.82, 2.24) is 24.8 Å². The minimum atomic E-state index is 0.0240. The lowest BCUT2D eigenvalue weighted by molar-refractivity contribution is 0.193. The van der Waals surface area contributed by atoms with Crippen molar-refractivity contribution in [2.24, 2.45) is 0 Å². The van der Waals surface area contributed by atoms with Crippen LogP contribution in [0.1, 0.15) is 55.6 Å². The zero-order valence-electron chi connectivity index (χ0n) is 16.3. The van der Waals surface area contributed by atoms with E-state index in [0.717, 1.165) is 16.5 Å². The lowest BCUT2D eigenvalue weighted by Crippen LogP contribution is -2.40. The molecule has 5 rings (SSSR count). The van der Waals surface area contributed by atoms with Crippen LogP contribution in [0, 0.1) is 0 Å². The van der Waals surface area contributed by atoms with Crippen molar-refractivity contribution in [2.45, 2.75) is 50.2 Å². The predicted molar refractivity (Wildman–Crippen MR) is 118 cm³/mol. The molecule has 2 fully saturated rings. The molecular formula is C23H25N5S. The Bertz CT molecular complexity index is 965. The molecule has 2 aliphatic rings. The van der Waals surface area contributed by atoms with Crippen molar-refractivity contribution < 1.29 is 0 Å². The molecule has 0 aromatic carbocycles. The second kappa shape index (κ2) is 7.95. The molecule has 1 saturated heterocycles. The van der Waals surface area contributed by atoms with Crippen LogP contribution in [-0.4, -0.2) is 30.6 Å². The first-order valence-electron chi connectivity index (χ1n) is 10.4. The Morgan fingerprint density at radius 1 is 0.966 bits per heavy atom. The number of pyridine rings is 2. The van der Waals surface area contributed by atoms with Crippen LogP contribution in [-0.2, 0) is 0 Å². The van der Waals surface area contributed by atoms with E-state index in [9.17, 15) is 0 Å². The van der Waals surface area contributed by atoms with Gasteiger partial charge < -0.3 is 14.8 Å². The molecule has 1 N–H and O–H groups in total. The van der Waals surface area contributed by atoms with Crippen LogP contribution in [0.25, 0.3) is 5.69 Å². The molecule has 1 aliphatic carbocycles. The molecule has 4 heterocycles. The molecule has 0 unspecified atom stereocenters. The summed E-state index contributed by atoms with van der Waals surface area (Å²) in [7, 11) is 0. The van der Waals surface area contributed by atoms with Gasteiger partial charge in [-0.15, -0.1) is 0 Å². The standard InChI is InChI=1S/C23H25N5S/c29-23-26-21(19-11-4-5-14-25-19)22(28(23)17-8-2-1-3-9-17)20-12-7-15-27(20)18-10-6-13-24-16-18/h4-7,10-17,21-22H,1-3,8-9H2,(H,26,29)/t21-,22-/m1/s1. The summed E-state index contributed by atoms with van der Waals surface area (Å²) in [6.45, 7) is 0. The van der Waals surface area contributed by atoms with Crippen LogP contribution in [0.4, 0.5) is 0 Å². The summed E-state index contributed by atoms with van der Waals surface area (Å²) in [6.07, 6.45) is 14.0. The Morgan fingerprint density at radius 3 is 2.62 bits per heavy atom. The molecule has 0 amide bonds. The first kappa shape index (κ1) is 18.3.